The Kier molecular flexibility index (Phi) is 4.66. The minimum Gasteiger partial charge on any atom is -0.319 e. The number of amides is 3. The maximum absolute atomic E-state index is 13.0. The summed E-state index contributed by atoms with van der Waals surface area (Å²) in [5, 5.41) is 2.92. The van der Waals surface area contributed by atoms with E-state index in [1.807, 2.05) is 19.1 Å². The van der Waals surface area contributed by atoms with E-state index < -0.39 is 5.54 Å². The molecule has 1 aliphatic carbocycles. The van der Waals surface area contributed by atoms with Crippen LogP contribution >= 0.6 is 0 Å². The van der Waals surface area contributed by atoms with Crippen LogP contribution in [0, 0.1) is 5.92 Å². The van der Waals surface area contributed by atoms with E-state index in [1.54, 1.807) is 0 Å². The molecule has 0 bridgehead atoms. The average molecular weight is 328 g/mol. The van der Waals surface area contributed by atoms with Crippen molar-refractivity contribution in [3.63, 3.8) is 0 Å². The minimum absolute atomic E-state index is 0.115. The largest absolute Gasteiger partial charge is 0.325 e. The summed E-state index contributed by atoms with van der Waals surface area (Å²) in [6.07, 6.45) is 5.94. The van der Waals surface area contributed by atoms with E-state index in [2.05, 4.69) is 31.3 Å². The number of hydrogen-bond donors (Lipinski definition) is 1. The van der Waals surface area contributed by atoms with Gasteiger partial charge in [0.2, 0.25) is 0 Å². The van der Waals surface area contributed by atoms with Crippen LogP contribution in [0.3, 0.4) is 0 Å². The molecule has 2 aliphatic rings. The lowest BCUT2D eigenvalue weighted by molar-refractivity contribution is -0.131. The standard InChI is InChI=1S/C20H28N2O2/c1-14(2)16-9-11-17(12-10-16)20(3)18(23)22(19(24)21-20)13-15-7-5-4-6-8-15/h9-12,14-15H,4-8,13H2,1-3H3,(H,21,24)/t20-/m0/s1. The predicted molar refractivity (Wildman–Crippen MR) is 94.7 cm³/mol. The summed E-state index contributed by atoms with van der Waals surface area (Å²) in [6.45, 7) is 6.67. The van der Waals surface area contributed by atoms with Crippen LogP contribution in [0.15, 0.2) is 24.3 Å². The van der Waals surface area contributed by atoms with Crippen LogP contribution in [0.5, 0.6) is 0 Å². The van der Waals surface area contributed by atoms with Gasteiger partial charge in [-0.15, -0.1) is 0 Å². The highest BCUT2D eigenvalue weighted by molar-refractivity contribution is 6.07. The molecule has 1 saturated carbocycles. The second-order valence-electron chi connectivity index (χ2n) is 7.75. The van der Waals surface area contributed by atoms with E-state index >= 15 is 0 Å². The van der Waals surface area contributed by atoms with Crippen molar-refractivity contribution in [1.82, 2.24) is 10.2 Å². The van der Waals surface area contributed by atoms with Crippen molar-refractivity contribution in [2.45, 2.75) is 64.3 Å². The van der Waals surface area contributed by atoms with Gasteiger partial charge < -0.3 is 5.32 Å². The van der Waals surface area contributed by atoms with Gasteiger partial charge in [0, 0.05) is 6.54 Å². The number of hydrogen-bond acceptors (Lipinski definition) is 2. The molecule has 4 nitrogen and oxygen atoms in total. The molecule has 3 amide bonds. The Hall–Kier alpha value is -1.84. The molecule has 130 valence electrons. The Bertz CT molecular complexity index is 617. The van der Waals surface area contributed by atoms with Gasteiger partial charge in [0.25, 0.3) is 5.91 Å². The fraction of sp³-hybridized carbons (Fsp3) is 0.600. The number of imide groups is 1. The summed E-state index contributed by atoms with van der Waals surface area (Å²) in [4.78, 5) is 26.8. The zero-order valence-corrected chi connectivity index (χ0v) is 15.0. The lowest BCUT2D eigenvalue weighted by Crippen LogP contribution is -2.41. The normalized spacial score (nSPS) is 25.4. The molecule has 0 spiro atoms. The number of rotatable bonds is 4. The summed E-state index contributed by atoms with van der Waals surface area (Å²) in [6, 6.07) is 7.79. The van der Waals surface area contributed by atoms with Crippen LogP contribution in [-0.4, -0.2) is 23.4 Å². The molecule has 2 fully saturated rings. The zero-order valence-electron chi connectivity index (χ0n) is 15.0. The Morgan fingerprint density at radius 3 is 2.33 bits per heavy atom. The van der Waals surface area contributed by atoms with E-state index in [0.29, 0.717) is 18.4 Å². The molecule has 1 saturated heterocycles. The fourth-order valence-corrected chi connectivity index (χ4v) is 3.89. The first kappa shape index (κ1) is 17.0. The molecule has 0 radical (unpaired) electrons. The summed E-state index contributed by atoms with van der Waals surface area (Å²) in [5.74, 6) is 0.790. The first-order valence-corrected chi connectivity index (χ1v) is 9.16. The second kappa shape index (κ2) is 6.58. The lowest BCUT2D eigenvalue weighted by Gasteiger charge is -2.26. The van der Waals surface area contributed by atoms with Crippen LogP contribution in [0.4, 0.5) is 4.79 Å². The molecular weight excluding hydrogens is 300 g/mol. The summed E-state index contributed by atoms with van der Waals surface area (Å²) < 4.78 is 0. The average Bonchev–Trinajstić information content (AvgIpc) is 2.80. The number of carbonyl (C=O) groups excluding carboxylic acids is 2. The number of carbonyl (C=O) groups is 2. The molecule has 1 aromatic rings. The lowest BCUT2D eigenvalue weighted by atomic mass is 9.88. The topological polar surface area (TPSA) is 49.4 Å². The van der Waals surface area contributed by atoms with Gasteiger partial charge in [-0.25, -0.2) is 4.79 Å². The summed E-state index contributed by atoms with van der Waals surface area (Å²) >= 11 is 0. The highest BCUT2D eigenvalue weighted by Gasteiger charge is 2.49. The van der Waals surface area contributed by atoms with Crippen molar-refractivity contribution in [2.24, 2.45) is 5.92 Å². The highest BCUT2D eigenvalue weighted by atomic mass is 16.2. The van der Waals surface area contributed by atoms with Crippen molar-refractivity contribution in [1.29, 1.82) is 0 Å². The van der Waals surface area contributed by atoms with E-state index in [0.717, 1.165) is 18.4 Å². The third-order valence-electron chi connectivity index (χ3n) is 5.60. The molecule has 1 aliphatic heterocycles. The highest BCUT2D eigenvalue weighted by Crippen LogP contribution is 2.32. The molecule has 1 aromatic carbocycles. The van der Waals surface area contributed by atoms with Crippen molar-refractivity contribution in [2.75, 3.05) is 6.54 Å². The van der Waals surface area contributed by atoms with Crippen LogP contribution in [0.25, 0.3) is 0 Å². The third-order valence-corrected chi connectivity index (χ3v) is 5.60. The molecule has 0 unspecified atom stereocenters. The van der Waals surface area contributed by atoms with Gasteiger partial charge in [0.1, 0.15) is 5.54 Å². The Morgan fingerprint density at radius 1 is 1.12 bits per heavy atom. The molecular formula is C20H28N2O2. The number of nitrogens with one attached hydrogen (secondary N) is 1. The zero-order chi connectivity index (χ0) is 17.3. The first-order valence-electron chi connectivity index (χ1n) is 9.16. The Morgan fingerprint density at radius 2 is 1.75 bits per heavy atom. The van der Waals surface area contributed by atoms with Gasteiger partial charge in [0.05, 0.1) is 0 Å². The van der Waals surface area contributed by atoms with Crippen LogP contribution in [0.2, 0.25) is 0 Å². The SMILES string of the molecule is CC(C)c1ccc([C@]2(C)NC(=O)N(CC3CCCCC3)C2=O)cc1. The van der Waals surface area contributed by atoms with E-state index in [9.17, 15) is 9.59 Å². The molecule has 4 heteroatoms. The quantitative estimate of drug-likeness (QED) is 0.844. The monoisotopic (exact) mass is 328 g/mol. The molecule has 1 atom stereocenters. The van der Waals surface area contributed by atoms with Gasteiger partial charge in [-0.05, 0) is 42.7 Å². The fourth-order valence-electron chi connectivity index (χ4n) is 3.89. The van der Waals surface area contributed by atoms with Gasteiger partial charge in [0.15, 0.2) is 0 Å². The van der Waals surface area contributed by atoms with E-state index in [1.165, 1.54) is 29.7 Å². The Labute approximate surface area is 144 Å². The smallest absolute Gasteiger partial charge is 0.319 e. The minimum atomic E-state index is -0.943. The van der Waals surface area contributed by atoms with Crippen molar-refractivity contribution >= 4 is 11.9 Å². The van der Waals surface area contributed by atoms with Gasteiger partial charge >= 0.3 is 6.03 Å². The van der Waals surface area contributed by atoms with Gasteiger partial charge in [-0.3, -0.25) is 9.69 Å². The maximum atomic E-state index is 13.0. The van der Waals surface area contributed by atoms with Crippen LogP contribution in [0.1, 0.15) is 69.9 Å². The summed E-state index contributed by atoms with van der Waals surface area (Å²) in [5.41, 5.74) is 1.15. The van der Waals surface area contributed by atoms with Gasteiger partial charge in [-0.2, -0.15) is 0 Å². The molecule has 1 N–H and O–H groups in total. The second-order valence-corrected chi connectivity index (χ2v) is 7.75. The molecule has 3 rings (SSSR count). The molecule has 24 heavy (non-hydrogen) atoms. The number of nitrogens with zero attached hydrogens (tertiary/aromatic N) is 1. The molecule has 1 heterocycles. The number of benzene rings is 1. The number of urea groups is 1. The van der Waals surface area contributed by atoms with Crippen LogP contribution in [-0.2, 0) is 10.3 Å². The first-order chi connectivity index (χ1) is 11.4. The molecule has 0 aromatic heterocycles. The van der Waals surface area contributed by atoms with Crippen molar-refractivity contribution in [3.05, 3.63) is 35.4 Å². The predicted octanol–water partition coefficient (Wildman–Crippen LogP) is 4.16. The Balaban J connectivity index is 1.78. The van der Waals surface area contributed by atoms with Crippen molar-refractivity contribution < 1.29 is 9.59 Å². The van der Waals surface area contributed by atoms with Gasteiger partial charge in [-0.1, -0.05) is 57.4 Å². The van der Waals surface area contributed by atoms with Crippen molar-refractivity contribution in [3.8, 4) is 0 Å². The summed E-state index contributed by atoms with van der Waals surface area (Å²) in [7, 11) is 0. The van der Waals surface area contributed by atoms with E-state index in [4.69, 9.17) is 0 Å². The maximum Gasteiger partial charge on any atom is 0.325 e. The third kappa shape index (κ3) is 3.06. The van der Waals surface area contributed by atoms with Crippen LogP contribution < -0.4 is 5.32 Å². The van der Waals surface area contributed by atoms with E-state index in [-0.39, 0.29) is 11.9 Å².